The number of benzene rings is 1. The fourth-order valence-electron chi connectivity index (χ4n) is 3.83. The van der Waals surface area contributed by atoms with Crippen LogP contribution in [0.5, 0.6) is 5.75 Å². The van der Waals surface area contributed by atoms with E-state index in [0.29, 0.717) is 29.9 Å². The van der Waals surface area contributed by atoms with Gasteiger partial charge in [-0.05, 0) is 48.8 Å². The van der Waals surface area contributed by atoms with Crippen LogP contribution in [-0.4, -0.2) is 11.1 Å². The summed E-state index contributed by atoms with van der Waals surface area (Å²) in [6.45, 7) is 12.1. The van der Waals surface area contributed by atoms with Crippen molar-refractivity contribution in [3.63, 3.8) is 0 Å². The second-order valence-corrected chi connectivity index (χ2v) is 8.54. The maximum atomic E-state index is 12.8. The van der Waals surface area contributed by atoms with Crippen LogP contribution in [0, 0.1) is 19.3 Å². The highest BCUT2D eigenvalue weighted by atomic mass is 16.5. The number of aliphatic hydroxyl groups excluding tert-OH is 1. The van der Waals surface area contributed by atoms with Crippen molar-refractivity contribution in [2.45, 2.75) is 66.4 Å². The average Bonchev–Trinajstić information content (AvgIpc) is 2.82. The molecule has 26 heavy (non-hydrogen) atoms. The number of rotatable bonds is 3. The number of hydrogen-bond acceptors (Lipinski definition) is 4. The Morgan fingerprint density at radius 2 is 2.00 bits per heavy atom. The molecule has 1 aromatic heterocycles. The van der Waals surface area contributed by atoms with Gasteiger partial charge in [0.15, 0.2) is 0 Å². The molecule has 4 heteroatoms. The molecule has 0 radical (unpaired) electrons. The Labute approximate surface area is 155 Å². The second kappa shape index (κ2) is 6.58. The molecule has 1 aromatic carbocycles. The molecule has 0 amide bonds. The number of carbonyl (C=O) groups is 1. The molecule has 3 rings (SSSR count). The lowest BCUT2D eigenvalue weighted by molar-refractivity contribution is 0.0688. The van der Waals surface area contributed by atoms with E-state index in [-0.39, 0.29) is 17.1 Å². The van der Waals surface area contributed by atoms with E-state index in [4.69, 9.17) is 9.15 Å². The van der Waals surface area contributed by atoms with Crippen molar-refractivity contribution in [1.29, 1.82) is 0 Å². The number of ether oxygens (including phenoxy) is 1. The van der Waals surface area contributed by atoms with Crippen LogP contribution in [0.3, 0.4) is 0 Å². The Kier molecular flexibility index (Phi) is 4.74. The molecule has 0 saturated heterocycles. The Balaban J connectivity index is 1.95. The van der Waals surface area contributed by atoms with Gasteiger partial charge in [0.25, 0.3) is 0 Å². The van der Waals surface area contributed by atoms with Crippen molar-refractivity contribution in [3.05, 3.63) is 52.0 Å². The molecule has 0 aliphatic heterocycles. The van der Waals surface area contributed by atoms with Crippen LogP contribution in [0.15, 0.2) is 22.6 Å². The maximum Gasteiger partial charge on any atom is 0.379 e. The quantitative estimate of drug-likeness (QED) is 0.603. The minimum Gasteiger partial charge on any atom is -0.453 e. The Morgan fingerprint density at radius 3 is 2.65 bits per heavy atom. The van der Waals surface area contributed by atoms with Gasteiger partial charge >= 0.3 is 5.97 Å². The number of aliphatic hydroxyl groups is 1. The van der Waals surface area contributed by atoms with Crippen LogP contribution in [0.2, 0.25) is 0 Å². The van der Waals surface area contributed by atoms with E-state index in [0.717, 1.165) is 16.7 Å². The summed E-state index contributed by atoms with van der Waals surface area (Å²) in [5.41, 5.74) is 3.40. The molecule has 1 atom stereocenters. The second-order valence-electron chi connectivity index (χ2n) is 8.54. The molecule has 1 N–H and O–H groups in total. The lowest BCUT2D eigenvalue weighted by atomic mass is 9.75. The average molecular weight is 356 g/mol. The fourth-order valence-corrected chi connectivity index (χ4v) is 3.83. The molecular formula is C22H28O4. The Hall–Kier alpha value is -2.07. The number of aryl methyl sites for hydroxylation is 1. The molecule has 1 aliphatic carbocycles. The molecular weight excluding hydrogens is 328 g/mol. The SMILES string of the molecule is Cc1ccc(C(C)C)c(OC(=O)c2oc3c(c2C)C(O)CC(C)(C)C3)c1. The van der Waals surface area contributed by atoms with Gasteiger partial charge in [-0.15, -0.1) is 0 Å². The van der Waals surface area contributed by atoms with Gasteiger partial charge in [0.2, 0.25) is 5.76 Å². The number of esters is 1. The Bertz CT molecular complexity index is 842. The summed E-state index contributed by atoms with van der Waals surface area (Å²) >= 11 is 0. The van der Waals surface area contributed by atoms with E-state index in [1.807, 2.05) is 32.0 Å². The van der Waals surface area contributed by atoms with Gasteiger partial charge < -0.3 is 14.3 Å². The third-order valence-corrected chi connectivity index (χ3v) is 5.17. The topological polar surface area (TPSA) is 59.7 Å². The zero-order valence-corrected chi connectivity index (χ0v) is 16.5. The molecule has 4 nitrogen and oxygen atoms in total. The highest BCUT2D eigenvalue weighted by molar-refractivity contribution is 5.90. The van der Waals surface area contributed by atoms with Gasteiger partial charge in [-0.2, -0.15) is 0 Å². The number of hydrogen-bond donors (Lipinski definition) is 1. The van der Waals surface area contributed by atoms with Crippen molar-refractivity contribution in [2.24, 2.45) is 5.41 Å². The maximum absolute atomic E-state index is 12.8. The largest absolute Gasteiger partial charge is 0.453 e. The van der Waals surface area contributed by atoms with Crippen LogP contribution in [0.25, 0.3) is 0 Å². The molecule has 2 aromatic rings. The minimum absolute atomic E-state index is 0.0563. The van der Waals surface area contributed by atoms with Crippen LogP contribution in [0.1, 0.15) is 84.7 Å². The first-order valence-corrected chi connectivity index (χ1v) is 9.22. The summed E-state index contributed by atoms with van der Waals surface area (Å²) < 4.78 is 11.6. The zero-order valence-electron chi connectivity index (χ0n) is 16.5. The van der Waals surface area contributed by atoms with E-state index in [1.54, 1.807) is 0 Å². The highest BCUT2D eigenvalue weighted by Crippen LogP contribution is 2.44. The molecule has 0 spiro atoms. The normalized spacial score (nSPS) is 18.7. The van der Waals surface area contributed by atoms with Gasteiger partial charge in [-0.1, -0.05) is 39.8 Å². The van der Waals surface area contributed by atoms with E-state index in [1.165, 1.54) is 0 Å². The number of carbonyl (C=O) groups excluding carboxylic acids is 1. The lowest BCUT2D eigenvalue weighted by Crippen LogP contribution is -2.24. The van der Waals surface area contributed by atoms with E-state index >= 15 is 0 Å². The van der Waals surface area contributed by atoms with Gasteiger partial charge in [-0.25, -0.2) is 4.79 Å². The van der Waals surface area contributed by atoms with Gasteiger partial charge in [0, 0.05) is 17.5 Å². The molecule has 0 fully saturated rings. The van der Waals surface area contributed by atoms with Crippen LogP contribution in [0.4, 0.5) is 0 Å². The van der Waals surface area contributed by atoms with Crippen LogP contribution >= 0.6 is 0 Å². The fraction of sp³-hybridized carbons (Fsp3) is 0.500. The minimum atomic E-state index is -0.607. The summed E-state index contributed by atoms with van der Waals surface area (Å²) in [7, 11) is 0. The first kappa shape index (κ1) is 18.7. The zero-order chi connectivity index (χ0) is 19.2. The van der Waals surface area contributed by atoms with Crippen molar-refractivity contribution in [1.82, 2.24) is 0 Å². The monoisotopic (exact) mass is 356 g/mol. The van der Waals surface area contributed by atoms with Crippen LogP contribution in [-0.2, 0) is 6.42 Å². The standard InChI is InChI=1S/C22H28O4/c1-12(2)15-8-7-13(3)9-17(15)26-21(24)20-14(4)19-16(23)10-22(5,6)11-18(19)25-20/h7-9,12,16,23H,10-11H2,1-6H3. The molecule has 1 unspecified atom stereocenters. The summed E-state index contributed by atoms with van der Waals surface area (Å²) in [6.07, 6.45) is 0.753. The van der Waals surface area contributed by atoms with Gasteiger partial charge in [-0.3, -0.25) is 0 Å². The molecule has 0 bridgehead atoms. The lowest BCUT2D eigenvalue weighted by Gasteiger charge is -2.31. The molecule has 140 valence electrons. The summed E-state index contributed by atoms with van der Waals surface area (Å²) in [6, 6.07) is 5.89. The predicted molar refractivity (Wildman–Crippen MR) is 101 cm³/mol. The molecule has 1 heterocycles. The first-order valence-electron chi connectivity index (χ1n) is 9.22. The van der Waals surface area contributed by atoms with E-state index in [2.05, 4.69) is 27.7 Å². The van der Waals surface area contributed by atoms with Crippen molar-refractivity contribution in [3.8, 4) is 5.75 Å². The smallest absolute Gasteiger partial charge is 0.379 e. The molecule has 1 aliphatic rings. The Morgan fingerprint density at radius 1 is 1.31 bits per heavy atom. The third-order valence-electron chi connectivity index (χ3n) is 5.17. The van der Waals surface area contributed by atoms with Crippen molar-refractivity contribution < 1.29 is 19.1 Å². The van der Waals surface area contributed by atoms with E-state index < -0.39 is 12.1 Å². The van der Waals surface area contributed by atoms with E-state index in [9.17, 15) is 9.90 Å². The summed E-state index contributed by atoms with van der Waals surface area (Å²) in [5, 5.41) is 10.5. The number of furan rings is 1. The predicted octanol–water partition coefficient (Wildman–Crippen LogP) is 5.24. The third kappa shape index (κ3) is 3.43. The van der Waals surface area contributed by atoms with Crippen LogP contribution < -0.4 is 4.74 Å². The molecule has 0 saturated carbocycles. The highest BCUT2D eigenvalue weighted by Gasteiger charge is 2.37. The first-order chi connectivity index (χ1) is 12.1. The van der Waals surface area contributed by atoms with Gasteiger partial charge in [0.1, 0.15) is 11.5 Å². The summed E-state index contributed by atoms with van der Waals surface area (Å²) in [5.74, 6) is 1.20. The van der Waals surface area contributed by atoms with Gasteiger partial charge in [0.05, 0.1) is 6.10 Å². The van der Waals surface area contributed by atoms with Crippen molar-refractivity contribution in [2.75, 3.05) is 0 Å². The summed E-state index contributed by atoms with van der Waals surface area (Å²) in [4.78, 5) is 12.8. The number of fused-ring (bicyclic) bond motifs is 1. The van der Waals surface area contributed by atoms with Crippen molar-refractivity contribution >= 4 is 5.97 Å².